The molecule has 22 heavy (non-hydrogen) atoms. The summed E-state index contributed by atoms with van der Waals surface area (Å²) < 4.78 is 32.4. The Hall–Kier alpha value is -1.03. The van der Waals surface area contributed by atoms with E-state index >= 15 is 0 Å². The fourth-order valence-electron chi connectivity index (χ4n) is 2.69. The topological polar surface area (TPSA) is 89.8 Å². The molecular formula is C13H17BrN2O5S. The van der Waals surface area contributed by atoms with E-state index in [-0.39, 0.29) is 28.1 Å². The summed E-state index contributed by atoms with van der Waals surface area (Å²) in [5.74, 6) is 0. The molecule has 0 N–H and O–H groups in total. The molecule has 2 rings (SSSR count). The Balaban J connectivity index is 2.44. The van der Waals surface area contributed by atoms with Gasteiger partial charge in [-0.05, 0) is 47.8 Å². The summed E-state index contributed by atoms with van der Waals surface area (Å²) in [6.45, 7) is 2.07. The summed E-state index contributed by atoms with van der Waals surface area (Å²) in [5.41, 5.74) is -0.427. The lowest BCUT2D eigenvalue weighted by atomic mass is 10.0. The molecule has 0 bridgehead atoms. The number of benzene rings is 1. The maximum absolute atomic E-state index is 12.8. The number of para-hydroxylation sites is 1. The first-order valence-electron chi connectivity index (χ1n) is 6.76. The highest BCUT2D eigenvalue weighted by molar-refractivity contribution is 9.10. The maximum Gasteiger partial charge on any atom is 0.303 e. The maximum atomic E-state index is 12.8. The van der Waals surface area contributed by atoms with E-state index in [0.717, 1.165) is 0 Å². The lowest BCUT2D eigenvalue weighted by Gasteiger charge is -2.35. The molecular weight excluding hydrogens is 376 g/mol. The zero-order valence-corrected chi connectivity index (χ0v) is 14.6. The van der Waals surface area contributed by atoms with Crippen LogP contribution < -0.4 is 0 Å². The average molecular weight is 393 g/mol. The minimum absolute atomic E-state index is 0.0129. The Bertz CT molecular complexity index is 679. The van der Waals surface area contributed by atoms with E-state index in [2.05, 4.69) is 15.9 Å². The summed E-state index contributed by atoms with van der Waals surface area (Å²) in [6, 6.07) is 3.93. The van der Waals surface area contributed by atoms with Crippen LogP contribution in [0.5, 0.6) is 0 Å². The van der Waals surface area contributed by atoms with E-state index in [4.69, 9.17) is 4.74 Å². The predicted octanol–water partition coefficient (Wildman–Crippen LogP) is 2.55. The molecule has 0 aromatic heterocycles. The number of nitrogens with zero attached hydrogens (tertiary/aromatic N) is 2. The van der Waals surface area contributed by atoms with Gasteiger partial charge in [0.1, 0.15) is 0 Å². The van der Waals surface area contributed by atoms with Gasteiger partial charge in [-0.15, -0.1) is 0 Å². The van der Waals surface area contributed by atoms with Gasteiger partial charge in [0.05, 0.1) is 15.5 Å². The standard InChI is InChI=1S/C13H17BrN2O5S/c1-9-8-10(21-2)6-7-15(9)22(19,20)12-5-3-4-11(14)13(12)16(17)18/h3-5,9-10H,6-8H2,1-2H3. The largest absolute Gasteiger partial charge is 0.381 e. The third-order valence-corrected chi connectivity index (χ3v) is 6.50. The van der Waals surface area contributed by atoms with Crippen molar-refractivity contribution in [3.05, 3.63) is 32.8 Å². The number of nitro groups is 1. The Labute approximate surface area is 137 Å². The Morgan fingerprint density at radius 1 is 1.45 bits per heavy atom. The van der Waals surface area contributed by atoms with Crippen molar-refractivity contribution in [3.8, 4) is 0 Å². The van der Waals surface area contributed by atoms with Crippen LogP contribution in [0, 0.1) is 10.1 Å². The number of methoxy groups -OCH3 is 1. The van der Waals surface area contributed by atoms with Gasteiger partial charge < -0.3 is 4.74 Å². The van der Waals surface area contributed by atoms with Crippen LogP contribution in [0.3, 0.4) is 0 Å². The molecule has 1 aliphatic heterocycles. The van der Waals surface area contributed by atoms with Crippen LogP contribution in [-0.2, 0) is 14.8 Å². The second-order valence-electron chi connectivity index (χ2n) is 5.19. The van der Waals surface area contributed by atoms with Crippen LogP contribution >= 0.6 is 15.9 Å². The number of rotatable bonds is 4. The van der Waals surface area contributed by atoms with E-state index < -0.39 is 20.6 Å². The second-order valence-corrected chi connectivity index (χ2v) is 7.90. The van der Waals surface area contributed by atoms with Crippen LogP contribution in [0.25, 0.3) is 0 Å². The number of sulfonamides is 1. The highest BCUT2D eigenvalue weighted by atomic mass is 79.9. The molecule has 0 saturated carbocycles. The van der Waals surface area contributed by atoms with Crippen LogP contribution in [0.4, 0.5) is 5.69 Å². The fourth-order valence-corrected chi connectivity index (χ4v) is 5.17. The zero-order chi connectivity index (χ0) is 16.5. The Kier molecular flexibility index (Phi) is 5.21. The molecule has 1 saturated heterocycles. The van der Waals surface area contributed by atoms with Crippen LogP contribution in [0.1, 0.15) is 19.8 Å². The summed E-state index contributed by atoms with van der Waals surface area (Å²) in [5, 5.41) is 11.2. The number of ether oxygens (including phenoxy) is 1. The SMILES string of the molecule is COC1CCN(S(=O)(=O)c2cccc(Br)c2[N+](=O)[O-])C(C)C1. The van der Waals surface area contributed by atoms with Gasteiger partial charge in [0, 0.05) is 19.7 Å². The number of nitro benzene ring substituents is 1. The molecule has 7 nitrogen and oxygen atoms in total. The van der Waals surface area contributed by atoms with Gasteiger partial charge in [-0.3, -0.25) is 10.1 Å². The molecule has 0 aliphatic carbocycles. The minimum Gasteiger partial charge on any atom is -0.381 e. The third kappa shape index (κ3) is 3.17. The molecule has 1 heterocycles. The first-order valence-corrected chi connectivity index (χ1v) is 9.00. The van der Waals surface area contributed by atoms with Gasteiger partial charge in [-0.2, -0.15) is 4.31 Å². The molecule has 2 unspecified atom stereocenters. The van der Waals surface area contributed by atoms with Crippen molar-refractivity contribution in [2.75, 3.05) is 13.7 Å². The van der Waals surface area contributed by atoms with Crippen molar-refractivity contribution < 1.29 is 18.1 Å². The lowest BCUT2D eigenvalue weighted by molar-refractivity contribution is -0.388. The van der Waals surface area contributed by atoms with Gasteiger partial charge in [0.25, 0.3) is 0 Å². The van der Waals surface area contributed by atoms with E-state index in [0.29, 0.717) is 12.8 Å². The fraction of sp³-hybridized carbons (Fsp3) is 0.538. The normalized spacial score (nSPS) is 23.4. The van der Waals surface area contributed by atoms with E-state index in [1.165, 1.54) is 22.5 Å². The lowest BCUT2D eigenvalue weighted by Crippen LogP contribution is -2.46. The molecule has 1 aromatic rings. The monoisotopic (exact) mass is 392 g/mol. The average Bonchev–Trinajstić information content (AvgIpc) is 2.46. The second kappa shape index (κ2) is 6.61. The Morgan fingerprint density at radius 2 is 2.14 bits per heavy atom. The molecule has 1 aromatic carbocycles. The Morgan fingerprint density at radius 3 is 2.68 bits per heavy atom. The molecule has 1 fully saturated rings. The smallest absolute Gasteiger partial charge is 0.303 e. The van der Waals surface area contributed by atoms with Gasteiger partial charge in [-0.25, -0.2) is 8.42 Å². The van der Waals surface area contributed by atoms with Gasteiger partial charge in [0.15, 0.2) is 4.90 Å². The summed E-state index contributed by atoms with van der Waals surface area (Å²) in [4.78, 5) is 10.3. The number of piperidine rings is 1. The summed E-state index contributed by atoms with van der Waals surface area (Å²) >= 11 is 3.06. The first kappa shape index (κ1) is 17.3. The van der Waals surface area contributed by atoms with Crippen molar-refractivity contribution in [1.29, 1.82) is 0 Å². The highest BCUT2D eigenvalue weighted by Crippen LogP contribution is 2.35. The van der Waals surface area contributed by atoms with E-state index in [1.807, 2.05) is 0 Å². The van der Waals surface area contributed by atoms with Crippen LogP contribution in [0.2, 0.25) is 0 Å². The number of halogens is 1. The molecule has 0 radical (unpaired) electrons. The summed E-state index contributed by atoms with van der Waals surface area (Å²) in [7, 11) is -2.34. The molecule has 9 heteroatoms. The first-order chi connectivity index (χ1) is 10.3. The summed E-state index contributed by atoms with van der Waals surface area (Å²) in [6.07, 6.45) is 1.15. The van der Waals surface area contributed by atoms with Gasteiger partial charge in [0.2, 0.25) is 10.0 Å². The van der Waals surface area contributed by atoms with Crippen LogP contribution in [0.15, 0.2) is 27.6 Å². The molecule has 2 atom stereocenters. The van der Waals surface area contributed by atoms with Crippen molar-refractivity contribution in [2.24, 2.45) is 0 Å². The van der Waals surface area contributed by atoms with Crippen molar-refractivity contribution in [3.63, 3.8) is 0 Å². The van der Waals surface area contributed by atoms with Crippen LogP contribution in [-0.4, -0.2) is 43.4 Å². The van der Waals surface area contributed by atoms with Gasteiger partial charge in [-0.1, -0.05) is 6.07 Å². The zero-order valence-electron chi connectivity index (χ0n) is 12.2. The van der Waals surface area contributed by atoms with Gasteiger partial charge >= 0.3 is 5.69 Å². The highest BCUT2D eigenvalue weighted by Gasteiger charge is 2.38. The minimum atomic E-state index is -3.93. The molecule has 0 spiro atoms. The number of hydrogen-bond acceptors (Lipinski definition) is 5. The third-order valence-electron chi connectivity index (χ3n) is 3.82. The van der Waals surface area contributed by atoms with E-state index in [1.54, 1.807) is 14.0 Å². The quantitative estimate of drug-likeness (QED) is 0.579. The molecule has 0 amide bonds. The molecule has 1 aliphatic rings. The predicted molar refractivity (Wildman–Crippen MR) is 84.2 cm³/mol. The molecule has 122 valence electrons. The van der Waals surface area contributed by atoms with Crippen molar-refractivity contribution in [2.45, 2.75) is 36.8 Å². The van der Waals surface area contributed by atoms with E-state index in [9.17, 15) is 18.5 Å². The number of hydrogen-bond donors (Lipinski definition) is 0. The van der Waals surface area contributed by atoms with Crippen molar-refractivity contribution >= 4 is 31.6 Å². The van der Waals surface area contributed by atoms with Crippen molar-refractivity contribution in [1.82, 2.24) is 4.31 Å².